The van der Waals surface area contributed by atoms with Crippen LogP contribution >= 0.6 is 24.0 Å². The van der Waals surface area contributed by atoms with Crippen LogP contribution in [0.4, 0.5) is 0 Å². The molecule has 5 heteroatoms. The van der Waals surface area contributed by atoms with Gasteiger partial charge < -0.3 is 10.2 Å². The van der Waals surface area contributed by atoms with Crippen LogP contribution in [0.2, 0.25) is 5.02 Å². The Morgan fingerprint density at radius 2 is 2.26 bits per heavy atom. The lowest BCUT2D eigenvalue weighted by Gasteiger charge is -2.35. The maximum Gasteiger partial charge on any atom is 0.230 e. The lowest BCUT2D eigenvalue weighted by Crippen LogP contribution is -2.53. The number of carbonyl (C=O) groups is 1. The largest absolute Gasteiger partial charge is 0.337 e. The fourth-order valence-electron chi connectivity index (χ4n) is 2.34. The zero-order valence-corrected chi connectivity index (χ0v) is 12.8. The van der Waals surface area contributed by atoms with E-state index in [-0.39, 0.29) is 30.3 Å². The zero-order valence-electron chi connectivity index (χ0n) is 11.2. The van der Waals surface area contributed by atoms with Crippen molar-refractivity contribution in [3.63, 3.8) is 0 Å². The predicted molar refractivity (Wildman–Crippen MR) is 81.2 cm³/mol. The van der Waals surface area contributed by atoms with E-state index in [1.54, 1.807) is 0 Å². The zero-order chi connectivity index (χ0) is 13.1. The molecular weight excluding hydrogens is 283 g/mol. The molecule has 0 aliphatic carbocycles. The van der Waals surface area contributed by atoms with Crippen LogP contribution in [0.3, 0.4) is 0 Å². The molecule has 106 valence electrons. The Balaban J connectivity index is 0.00000180. The highest BCUT2D eigenvalue weighted by molar-refractivity contribution is 6.30. The number of hydrogen-bond acceptors (Lipinski definition) is 2. The third-order valence-corrected chi connectivity index (χ3v) is 3.74. The van der Waals surface area contributed by atoms with Gasteiger partial charge >= 0.3 is 0 Å². The first kappa shape index (κ1) is 16.3. The minimum atomic E-state index is -0.135. The summed E-state index contributed by atoms with van der Waals surface area (Å²) in [7, 11) is 0. The number of piperazine rings is 1. The maximum absolute atomic E-state index is 12.5. The van der Waals surface area contributed by atoms with Crippen molar-refractivity contribution in [2.45, 2.75) is 25.8 Å². The number of rotatable bonds is 2. The summed E-state index contributed by atoms with van der Waals surface area (Å²) in [6, 6.07) is 7.81. The lowest BCUT2D eigenvalue weighted by molar-refractivity contribution is -0.135. The van der Waals surface area contributed by atoms with Crippen LogP contribution in [0.5, 0.6) is 0 Å². The Labute approximate surface area is 125 Å². The molecule has 19 heavy (non-hydrogen) atoms. The molecule has 1 heterocycles. The van der Waals surface area contributed by atoms with E-state index in [9.17, 15) is 4.79 Å². The summed E-state index contributed by atoms with van der Waals surface area (Å²) >= 11 is 5.97. The van der Waals surface area contributed by atoms with Gasteiger partial charge in [0.25, 0.3) is 0 Å². The normalized spacial score (nSPS) is 20.6. The van der Waals surface area contributed by atoms with E-state index in [1.807, 2.05) is 36.1 Å². The van der Waals surface area contributed by atoms with Gasteiger partial charge in [0.15, 0.2) is 0 Å². The van der Waals surface area contributed by atoms with Gasteiger partial charge in [0, 0.05) is 30.7 Å². The first-order valence-corrected chi connectivity index (χ1v) is 6.74. The molecule has 0 spiro atoms. The van der Waals surface area contributed by atoms with Gasteiger partial charge in [-0.15, -0.1) is 12.4 Å². The van der Waals surface area contributed by atoms with Crippen LogP contribution in [-0.4, -0.2) is 36.5 Å². The third-order valence-electron chi connectivity index (χ3n) is 3.50. The van der Waals surface area contributed by atoms with Crippen molar-refractivity contribution in [1.29, 1.82) is 0 Å². The average molecular weight is 303 g/mol. The van der Waals surface area contributed by atoms with Crippen molar-refractivity contribution < 1.29 is 4.79 Å². The molecule has 1 aromatic carbocycles. The predicted octanol–water partition coefficient (Wildman–Crippen LogP) is 2.69. The number of nitrogens with one attached hydrogen (secondary N) is 1. The molecule has 1 aliphatic rings. The molecule has 1 aliphatic heterocycles. The number of halogens is 2. The van der Waals surface area contributed by atoms with Crippen LogP contribution in [0.25, 0.3) is 0 Å². The maximum atomic E-state index is 12.5. The van der Waals surface area contributed by atoms with Crippen molar-refractivity contribution in [1.82, 2.24) is 10.2 Å². The summed E-state index contributed by atoms with van der Waals surface area (Å²) in [6.45, 7) is 6.55. The van der Waals surface area contributed by atoms with E-state index < -0.39 is 0 Å². The quantitative estimate of drug-likeness (QED) is 0.911. The summed E-state index contributed by atoms with van der Waals surface area (Å²) < 4.78 is 0. The van der Waals surface area contributed by atoms with Crippen LogP contribution in [0.1, 0.15) is 25.3 Å². The number of amides is 1. The van der Waals surface area contributed by atoms with Crippen LogP contribution in [0, 0.1) is 0 Å². The van der Waals surface area contributed by atoms with Crippen LogP contribution in [0.15, 0.2) is 24.3 Å². The van der Waals surface area contributed by atoms with E-state index in [0.29, 0.717) is 5.02 Å². The highest BCUT2D eigenvalue weighted by Crippen LogP contribution is 2.22. The number of nitrogens with zero attached hydrogens (tertiary/aromatic N) is 1. The molecule has 2 rings (SSSR count). The van der Waals surface area contributed by atoms with Gasteiger partial charge in [0.05, 0.1) is 5.92 Å². The molecule has 1 amide bonds. The number of carbonyl (C=O) groups excluding carboxylic acids is 1. The first-order valence-electron chi connectivity index (χ1n) is 6.36. The molecule has 1 unspecified atom stereocenters. The van der Waals surface area contributed by atoms with Gasteiger partial charge in [0.1, 0.15) is 0 Å². The van der Waals surface area contributed by atoms with E-state index in [0.717, 1.165) is 25.2 Å². The standard InChI is InChI=1S/C14H19ClN2O.ClH/c1-10-9-16-6-7-17(10)14(18)11(2)12-4-3-5-13(15)8-12;/h3-5,8,10-11,16H,6-7,9H2,1-2H3;1H/t10-,11?;/m1./s1. The van der Waals surface area contributed by atoms with Crippen molar-refractivity contribution in [2.75, 3.05) is 19.6 Å². The summed E-state index contributed by atoms with van der Waals surface area (Å²) in [5.74, 6) is 0.0514. The Morgan fingerprint density at radius 3 is 2.89 bits per heavy atom. The minimum Gasteiger partial charge on any atom is -0.337 e. The summed E-state index contributed by atoms with van der Waals surface area (Å²) in [5.41, 5.74) is 0.984. The van der Waals surface area contributed by atoms with Gasteiger partial charge in [-0.2, -0.15) is 0 Å². The topological polar surface area (TPSA) is 32.3 Å². The van der Waals surface area contributed by atoms with Crippen molar-refractivity contribution in [3.8, 4) is 0 Å². The molecule has 1 N–H and O–H groups in total. The van der Waals surface area contributed by atoms with E-state index >= 15 is 0 Å². The Kier molecular flexibility index (Phi) is 6.11. The second kappa shape index (κ2) is 7.13. The van der Waals surface area contributed by atoms with Gasteiger partial charge in [-0.3, -0.25) is 4.79 Å². The summed E-state index contributed by atoms with van der Waals surface area (Å²) in [6.07, 6.45) is 0. The fourth-order valence-corrected chi connectivity index (χ4v) is 2.53. The molecule has 0 saturated carbocycles. The monoisotopic (exact) mass is 302 g/mol. The molecule has 1 fully saturated rings. The molecule has 0 radical (unpaired) electrons. The first-order chi connectivity index (χ1) is 8.59. The van der Waals surface area contributed by atoms with E-state index in [4.69, 9.17) is 11.6 Å². The van der Waals surface area contributed by atoms with Crippen molar-refractivity contribution in [2.24, 2.45) is 0 Å². The highest BCUT2D eigenvalue weighted by atomic mass is 35.5. The molecule has 0 bridgehead atoms. The molecule has 1 aromatic rings. The van der Waals surface area contributed by atoms with E-state index in [1.165, 1.54) is 0 Å². The van der Waals surface area contributed by atoms with Crippen molar-refractivity contribution in [3.05, 3.63) is 34.9 Å². The van der Waals surface area contributed by atoms with Crippen molar-refractivity contribution >= 4 is 29.9 Å². The second-order valence-corrected chi connectivity index (χ2v) is 5.30. The highest BCUT2D eigenvalue weighted by Gasteiger charge is 2.27. The molecule has 0 aromatic heterocycles. The molecule has 3 nitrogen and oxygen atoms in total. The van der Waals surface area contributed by atoms with Crippen LogP contribution in [-0.2, 0) is 4.79 Å². The van der Waals surface area contributed by atoms with Crippen LogP contribution < -0.4 is 5.32 Å². The van der Waals surface area contributed by atoms with Gasteiger partial charge in [0.2, 0.25) is 5.91 Å². The Hall–Kier alpha value is -0.770. The van der Waals surface area contributed by atoms with Gasteiger partial charge in [-0.1, -0.05) is 23.7 Å². The SMILES string of the molecule is CC(C(=O)N1CCNC[C@H]1C)c1cccc(Cl)c1.Cl. The van der Waals surface area contributed by atoms with Gasteiger partial charge in [-0.05, 0) is 31.5 Å². The smallest absolute Gasteiger partial charge is 0.230 e. The number of benzene rings is 1. The second-order valence-electron chi connectivity index (χ2n) is 4.86. The Morgan fingerprint density at radius 1 is 1.53 bits per heavy atom. The number of hydrogen-bond donors (Lipinski definition) is 1. The average Bonchev–Trinajstić information content (AvgIpc) is 2.37. The Bertz CT molecular complexity index is 439. The molecular formula is C14H20Cl2N2O. The summed E-state index contributed by atoms with van der Waals surface area (Å²) in [4.78, 5) is 14.4. The molecule has 1 saturated heterocycles. The summed E-state index contributed by atoms with van der Waals surface area (Å²) in [5, 5.41) is 3.97. The van der Waals surface area contributed by atoms with Gasteiger partial charge in [-0.25, -0.2) is 0 Å². The third kappa shape index (κ3) is 3.85. The minimum absolute atomic E-state index is 0. The molecule has 2 atom stereocenters. The fraction of sp³-hybridized carbons (Fsp3) is 0.500. The lowest BCUT2D eigenvalue weighted by atomic mass is 9.98. The van der Waals surface area contributed by atoms with E-state index in [2.05, 4.69) is 12.2 Å².